The summed E-state index contributed by atoms with van der Waals surface area (Å²) in [6.45, 7) is 0. The first-order valence-corrected chi connectivity index (χ1v) is 6.27. The molecule has 1 aliphatic rings. The van der Waals surface area contributed by atoms with E-state index in [1.807, 2.05) is 0 Å². The molecule has 70 valence electrons. The first kappa shape index (κ1) is 9.14. The van der Waals surface area contributed by atoms with Crippen LogP contribution in [0.2, 0.25) is 0 Å². The van der Waals surface area contributed by atoms with Crippen molar-refractivity contribution in [3.05, 3.63) is 35.4 Å². The molecule has 0 bridgehead atoms. The molecular formula is C12H16S. The highest BCUT2D eigenvalue weighted by Gasteiger charge is 2.04. The van der Waals surface area contributed by atoms with Gasteiger partial charge in [-0.2, -0.15) is 11.8 Å². The highest BCUT2D eigenvalue weighted by molar-refractivity contribution is 7.99. The van der Waals surface area contributed by atoms with Gasteiger partial charge in [0.05, 0.1) is 0 Å². The molecule has 1 heterocycles. The predicted octanol–water partition coefficient (Wildman–Crippen LogP) is 3.30. The number of benzene rings is 1. The van der Waals surface area contributed by atoms with Crippen molar-refractivity contribution in [2.45, 2.75) is 25.7 Å². The van der Waals surface area contributed by atoms with E-state index in [0.29, 0.717) is 0 Å². The second kappa shape index (κ2) is 4.71. The minimum absolute atomic E-state index is 1.28. The van der Waals surface area contributed by atoms with Crippen molar-refractivity contribution in [1.82, 2.24) is 0 Å². The minimum atomic E-state index is 1.28. The van der Waals surface area contributed by atoms with Crippen molar-refractivity contribution in [3.63, 3.8) is 0 Å². The van der Waals surface area contributed by atoms with Gasteiger partial charge in [0, 0.05) is 0 Å². The molecule has 2 rings (SSSR count). The van der Waals surface area contributed by atoms with Crippen LogP contribution in [0.25, 0.3) is 0 Å². The lowest BCUT2D eigenvalue weighted by Gasteiger charge is -2.05. The van der Waals surface area contributed by atoms with Crippen molar-refractivity contribution in [1.29, 1.82) is 0 Å². The van der Waals surface area contributed by atoms with E-state index in [4.69, 9.17) is 0 Å². The molecule has 0 radical (unpaired) electrons. The van der Waals surface area contributed by atoms with Crippen molar-refractivity contribution in [2.75, 3.05) is 11.5 Å². The van der Waals surface area contributed by atoms with Crippen LogP contribution in [-0.2, 0) is 12.8 Å². The third-order valence-corrected chi connectivity index (χ3v) is 3.74. The van der Waals surface area contributed by atoms with Crippen LogP contribution in [-0.4, -0.2) is 11.5 Å². The SMILES string of the molecule is c1ccc2c(c1)CCCSCCC2. The van der Waals surface area contributed by atoms with Crippen molar-refractivity contribution in [3.8, 4) is 0 Å². The number of rotatable bonds is 0. The zero-order valence-electron chi connectivity index (χ0n) is 7.96. The van der Waals surface area contributed by atoms with Gasteiger partial charge in [0.15, 0.2) is 0 Å². The number of fused-ring (bicyclic) bond motifs is 1. The monoisotopic (exact) mass is 192 g/mol. The third kappa shape index (κ3) is 2.50. The van der Waals surface area contributed by atoms with E-state index in [2.05, 4.69) is 36.0 Å². The van der Waals surface area contributed by atoms with E-state index in [1.54, 1.807) is 11.1 Å². The van der Waals surface area contributed by atoms with Gasteiger partial charge in [0.25, 0.3) is 0 Å². The molecule has 0 N–H and O–H groups in total. The van der Waals surface area contributed by atoms with E-state index in [9.17, 15) is 0 Å². The zero-order chi connectivity index (χ0) is 8.93. The molecule has 1 aromatic rings. The van der Waals surface area contributed by atoms with Crippen LogP contribution in [0.5, 0.6) is 0 Å². The van der Waals surface area contributed by atoms with Gasteiger partial charge < -0.3 is 0 Å². The van der Waals surface area contributed by atoms with E-state index in [0.717, 1.165) is 0 Å². The molecule has 13 heavy (non-hydrogen) atoms. The second-order valence-electron chi connectivity index (χ2n) is 3.59. The lowest BCUT2D eigenvalue weighted by Crippen LogP contribution is -1.93. The highest BCUT2D eigenvalue weighted by atomic mass is 32.2. The molecule has 1 aliphatic heterocycles. The number of hydrogen-bond acceptors (Lipinski definition) is 1. The maximum atomic E-state index is 2.30. The maximum Gasteiger partial charge on any atom is -0.00644 e. The van der Waals surface area contributed by atoms with Crippen LogP contribution in [0.1, 0.15) is 24.0 Å². The summed E-state index contributed by atoms with van der Waals surface area (Å²) >= 11 is 2.11. The van der Waals surface area contributed by atoms with Crippen LogP contribution < -0.4 is 0 Å². The quantitative estimate of drug-likeness (QED) is 0.608. The smallest absolute Gasteiger partial charge is 0.00644 e. The first-order chi connectivity index (χ1) is 6.47. The number of hydrogen-bond donors (Lipinski definition) is 0. The van der Waals surface area contributed by atoms with Gasteiger partial charge in [-0.25, -0.2) is 0 Å². The van der Waals surface area contributed by atoms with Gasteiger partial charge in [-0.1, -0.05) is 24.3 Å². The van der Waals surface area contributed by atoms with E-state index in [-0.39, 0.29) is 0 Å². The molecule has 0 nitrogen and oxygen atoms in total. The summed E-state index contributed by atoms with van der Waals surface area (Å²) in [5.41, 5.74) is 3.18. The molecule has 0 saturated heterocycles. The van der Waals surface area contributed by atoms with Gasteiger partial charge in [-0.05, 0) is 48.3 Å². The van der Waals surface area contributed by atoms with Gasteiger partial charge in [-0.3, -0.25) is 0 Å². The second-order valence-corrected chi connectivity index (χ2v) is 4.81. The topological polar surface area (TPSA) is 0 Å². The van der Waals surface area contributed by atoms with Crippen LogP contribution >= 0.6 is 11.8 Å². The Kier molecular flexibility index (Phi) is 3.31. The molecule has 0 unspecified atom stereocenters. The van der Waals surface area contributed by atoms with E-state index >= 15 is 0 Å². The lowest BCUT2D eigenvalue weighted by atomic mass is 10.00. The standard InChI is InChI=1S/C12H16S/c1-2-6-12-8-4-10-13-9-3-7-11(12)5-1/h1-2,5-6H,3-4,7-10H2. The average molecular weight is 192 g/mol. The highest BCUT2D eigenvalue weighted by Crippen LogP contribution is 2.18. The molecule has 0 saturated carbocycles. The Morgan fingerprint density at radius 2 is 1.38 bits per heavy atom. The molecule has 0 aromatic heterocycles. The van der Waals surface area contributed by atoms with Crippen LogP contribution in [0, 0.1) is 0 Å². The molecule has 0 fully saturated rings. The first-order valence-electron chi connectivity index (χ1n) is 5.11. The summed E-state index contributed by atoms with van der Waals surface area (Å²) in [5.74, 6) is 2.68. The van der Waals surface area contributed by atoms with Crippen molar-refractivity contribution in [2.24, 2.45) is 0 Å². The van der Waals surface area contributed by atoms with E-state index < -0.39 is 0 Å². The summed E-state index contributed by atoms with van der Waals surface area (Å²) in [7, 11) is 0. The van der Waals surface area contributed by atoms with E-state index in [1.165, 1.54) is 37.2 Å². The minimum Gasteiger partial charge on any atom is -0.162 e. The van der Waals surface area contributed by atoms with Gasteiger partial charge in [0.1, 0.15) is 0 Å². The Morgan fingerprint density at radius 3 is 1.92 bits per heavy atom. The Labute approximate surface area is 84.7 Å². The van der Waals surface area contributed by atoms with Crippen molar-refractivity contribution < 1.29 is 0 Å². The summed E-state index contributed by atoms with van der Waals surface area (Å²) in [6.07, 6.45) is 5.26. The predicted molar refractivity (Wildman–Crippen MR) is 60.4 cm³/mol. The lowest BCUT2D eigenvalue weighted by molar-refractivity contribution is 0.888. The van der Waals surface area contributed by atoms with Gasteiger partial charge in [-0.15, -0.1) is 0 Å². The normalized spacial score (nSPS) is 18.2. The van der Waals surface area contributed by atoms with Gasteiger partial charge in [0.2, 0.25) is 0 Å². The molecule has 1 aromatic carbocycles. The molecule has 1 heteroatoms. The third-order valence-electron chi connectivity index (χ3n) is 2.59. The summed E-state index contributed by atoms with van der Waals surface area (Å²) in [5, 5.41) is 0. The number of thioether (sulfide) groups is 1. The summed E-state index contributed by atoms with van der Waals surface area (Å²) < 4.78 is 0. The molecule has 0 amide bonds. The molecular weight excluding hydrogens is 176 g/mol. The Balaban J connectivity index is 2.17. The van der Waals surface area contributed by atoms with Crippen LogP contribution in [0.4, 0.5) is 0 Å². The largest absolute Gasteiger partial charge is 0.162 e. The Bertz CT molecular complexity index is 241. The fourth-order valence-corrected chi connectivity index (χ4v) is 2.78. The molecule has 0 aliphatic carbocycles. The average Bonchev–Trinajstić information content (AvgIpc) is 2.28. The van der Waals surface area contributed by atoms with Crippen LogP contribution in [0.3, 0.4) is 0 Å². The Morgan fingerprint density at radius 1 is 0.846 bits per heavy atom. The fraction of sp³-hybridized carbons (Fsp3) is 0.500. The number of aryl methyl sites for hydroxylation is 2. The molecule has 0 atom stereocenters. The van der Waals surface area contributed by atoms with Crippen molar-refractivity contribution >= 4 is 11.8 Å². The Hall–Kier alpha value is -0.430. The van der Waals surface area contributed by atoms with Crippen LogP contribution in [0.15, 0.2) is 24.3 Å². The fourth-order valence-electron chi connectivity index (χ4n) is 1.88. The molecule has 0 spiro atoms. The maximum absolute atomic E-state index is 2.30. The zero-order valence-corrected chi connectivity index (χ0v) is 8.78. The summed E-state index contributed by atoms with van der Waals surface area (Å²) in [4.78, 5) is 0. The van der Waals surface area contributed by atoms with Gasteiger partial charge >= 0.3 is 0 Å². The summed E-state index contributed by atoms with van der Waals surface area (Å²) in [6, 6.07) is 8.93.